The summed E-state index contributed by atoms with van der Waals surface area (Å²) in [6.07, 6.45) is 5.74. The molecule has 2 amide bonds. The van der Waals surface area contributed by atoms with Gasteiger partial charge in [-0.25, -0.2) is 0 Å². The van der Waals surface area contributed by atoms with E-state index in [1.807, 2.05) is 11.8 Å². The minimum atomic E-state index is -0.295. The van der Waals surface area contributed by atoms with E-state index in [9.17, 15) is 9.59 Å². The Labute approximate surface area is 113 Å². The molecule has 1 aliphatic carbocycles. The van der Waals surface area contributed by atoms with Gasteiger partial charge in [0.2, 0.25) is 11.8 Å². The topological polar surface area (TPSA) is 58.2 Å². The molecule has 0 bridgehead atoms. The van der Waals surface area contributed by atoms with Gasteiger partial charge >= 0.3 is 0 Å². The third kappa shape index (κ3) is 3.64. The zero-order valence-corrected chi connectivity index (χ0v) is 11.7. The standard InChI is InChI=1S/C13H22N2O2S/c1-2-18-10-5-3-4-9(8-10)14-13(17)11-6-7-12(16)15-11/h9-11H,2-8H2,1H3,(H,14,17)(H,15,16). The Morgan fingerprint density at radius 3 is 2.94 bits per heavy atom. The van der Waals surface area contributed by atoms with Crippen molar-refractivity contribution >= 4 is 23.6 Å². The molecule has 2 aliphatic rings. The summed E-state index contributed by atoms with van der Waals surface area (Å²) in [5.41, 5.74) is 0. The molecule has 102 valence electrons. The van der Waals surface area contributed by atoms with Crippen LogP contribution in [0.25, 0.3) is 0 Å². The van der Waals surface area contributed by atoms with Gasteiger partial charge < -0.3 is 10.6 Å². The van der Waals surface area contributed by atoms with Crippen LogP contribution in [-0.4, -0.2) is 34.9 Å². The lowest BCUT2D eigenvalue weighted by Gasteiger charge is -2.30. The second-order valence-electron chi connectivity index (χ2n) is 5.11. The van der Waals surface area contributed by atoms with Crippen LogP contribution in [0.15, 0.2) is 0 Å². The monoisotopic (exact) mass is 270 g/mol. The quantitative estimate of drug-likeness (QED) is 0.813. The molecule has 3 atom stereocenters. The number of amides is 2. The summed E-state index contributed by atoms with van der Waals surface area (Å²) in [7, 11) is 0. The molecular weight excluding hydrogens is 248 g/mol. The second kappa shape index (κ2) is 6.45. The molecule has 18 heavy (non-hydrogen) atoms. The van der Waals surface area contributed by atoms with Gasteiger partial charge in [-0.05, 0) is 31.4 Å². The number of thioether (sulfide) groups is 1. The van der Waals surface area contributed by atoms with Crippen molar-refractivity contribution < 1.29 is 9.59 Å². The summed E-state index contributed by atoms with van der Waals surface area (Å²) in [5, 5.41) is 6.51. The first-order chi connectivity index (χ1) is 8.69. The van der Waals surface area contributed by atoms with E-state index in [-0.39, 0.29) is 17.9 Å². The van der Waals surface area contributed by atoms with Gasteiger partial charge in [-0.15, -0.1) is 0 Å². The number of carbonyl (C=O) groups excluding carboxylic acids is 2. The molecule has 0 aromatic heterocycles. The predicted molar refractivity (Wildman–Crippen MR) is 73.5 cm³/mol. The molecule has 0 spiro atoms. The van der Waals surface area contributed by atoms with Gasteiger partial charge in [-0.1, -0.05) is 13.3 Å². The number of rotatable bonds is 4. The van der Waals surface area contributed by atoms with Crippen LogP contribution in [0, 0.1) is 0 Å². The molecule has 2 fully saturated rings. The molecular formula is C13H22N2O2S. The van der Waals surface area contributed by atoms with Crippen molar-refractivity contribution in [3.63, 3.8) is 0 Å². The highest BCUT2D eigenvalue weighted by Crippen LogP contribution is 2.28. The summed E-state index contributed by atoms with van der Waals surface area (Å²) in [6.45, 7) is 2.18. The van der Waals surface area contributed by atoms with Gasteiger partial charge in [-0.3, -0.25) is 9.59 Å². The molecule has 3 unspecified atom stereocenters. The number of carbonyl (C=O) groups is 2. The highest BCUT2D eigenvalue weighted by atomic mass is 32.2. The third-order valence-corrected chi connectivity index (χ3v) is 4.92. The zero-order valence-electron chi connectivity index (χ0n) is 10.9. The Morgan fingerprint density at radius 2 is 2.28 bits per heavy atom. The van der Waals surface area contributed by atoms with Gasteiger partial charge in [0.15, 0.2) is 0 Å². The summed E-state index contributed by atoms with van der Waals surface area (Å²) in [6, 6.07) is 0.00417. The van der Waals surface area contributed by atoms with E-state index in [2.05, 4.69) is 17.6 Å². The maximum atomic E-state index is 12.0. The van der Waals surface area contributed by atoms with Crippen molar-refractivity contribution in [2.24, 2.45) is 0 Å². The Balaban J connectivity index is 1.78. The van der Waals surface area contributed by atoms with Gasteiger partial charge in [0.25, 0.3) is 0 Å². The minimum absolute atomic E-state index is 0.00166. The van der Waals surface area contributed by atoms with Crippen LogP contribution in [0.1, 0.15) is 45.4 Å². The summed E-state index contributed by atoms with van der Waals surface area (Å²) in [5.74, 6) is 1.15. The zero-order chi connectivity index (χ0) is 13.0. The summed E-state index contributed by atoms with van der Waals surface area (Å²) >= 11 is 1.99. The lowest BCUT2D eigenvalue weighted by molar-refractivity contribution is -0.126. The Morgan fingerprint density at radius 1 is 1.44 bits per heavy atom. The highest BCUT2D eigenvalue weighted by molar-refractivity contribution is 7.99. The Bertz CT molecular complexity index is 320. The van der Waals surface area contributed by atoms with E-state index in [0.717, 1.165) is 18.6 Å². The molecule has 4 nitrogen and oxygen atoms in total. The number of hydrogen-bond acceptors (Lipinski definition) is 3. The Hall–Kier alpha value is -0.710. The van der Waals surface area contributed by atoms with E-state index in [0.29, 0.717) is 24.1 Å². The maximum absolute atomic E-state index is 12.0. The first kappa shape index (κ1) is 13.7. The van der Waals surface area contributed by atoms with Crippen molar-refractivity contribution in [2.75, 3.05) is 5.75 Å². The Kier molecular flexibility index (Phi) is 4.92. The van der Waals surface area contributed by atoms with Crippen molar-refractivity contribution in [2.45, 2.75) is 62.8 Å². The van der Waals surface area contributed by atoms with E-state index >= 15 is 0 Å². The first-order valence-corrected chi connectivity index (χ1v) is 7.95. The van der Waals surface area contributed by atoms with Crippen LogP contribution < -0.4 is 10.6 Å². The molecule has 1 aliphatic heterocycles. The van der Waals surface area contributed by atoms with E-state index < -0.39 is 0 Å². The molecule has 0 aromatic carbocycles. The fourth-order valence-corrected chi connectivity index (χ4v) is 3.95. The SMILES string of the molecule is CCSC1CCCC(NC(=O)C2CCC(=O)N2)C1. The number of hydrogen-bond donors (Lipinski definition) is 2. The smallest absolute Gasteiger partial charge is 0.242 e. The second-order valence-corrected chi connectivity index (χ2v) is 6.69. The molecule has 1 saturated carbocycles. The van der Waals surface area contributed by atoms with Crippen molar-refractivity contribution in [1.82, 2.24) is 10.6 Å². The van der Waals surface area contributed by atoms with Gasteiger partial charge in [-0.2, -0.15) is 11.8 Å². The average molecular weight is 270 g/mol. The fraction of sp³-hybridized carbons (Fsp3) is 0.846. The summed E-state index contributed by atoms with van der Waals surface area (Å²) < 4.78 is 0. The first-order valence-electron chi connectivity index (χ1n) is 6.90. The highest BCUT2D eigenvalue weighted by Gasteiger charge is 2.30. The van der Waals surface area contributed by atoms with Crippen LogP contribution in [0.3, 0.4) is 0 Å². The fourth-order valence-electron chi connectivity index (χ4n) is 2.78. The molecule has 1 heterocycles. The molecule has 0 radical (unpaired) electrons. The van der Waals surface area contributed by atoms with Gasteiger partial charge in [0, 0.05) is 17.7 Å². The molecule has 5 heteroatoms. The summed E-state index contributed by atoms with van der Waals surface area (Å²) in [4.78, 5) is 23.1. The van der Waals surface area contributed by atoms with E-state index in [1.165, 1.54) is 12.8 Å². The normalized spacial score (nSPS) is 32.1. The molecule has 1 saturated heterocycles. The maximum Gasteiger partial charge on any atom is 0.242 e. The molecule has 0 aromatic rings. The molecule has 2 N–H and O–H groups in total. The van der Waals surface area contributed by atoms with Gasteiger partial charge in [0.05, 0.1) is 0 Å². The minimum Gasteiger partial charge on any atom is -0.352 e. The van der Waals surface area contributed by atoms with Crippen LogP contribution in [0.4, 0.5) is 0 Å². The average Bonchev–Trinajstić information content (AvgIpc) is 2.77. The van der Waals surface area contributed by atoms with Crippen LogP contribution in [-0.2, 0) is 9.59 Å². The van der Waals surface area contributed by atoms with E-state index in [4.69, 9.17) is 0 Å². The van der Waals surface area contributed by atoms with Crippen LogP contribution >= 0.6 is 11.8 Å². The van der Waals surface area contributed by atoms with Crippen LogP contribution in [0.5, 0.6) is 0 Å². The lowest BCUT2D eigenvalue weighted by Crippen LogP contribution is -2.47. The van der Waals surface area contributed by atoms with Gasteiger partial charge in [0.1, 0.15) is 6.04 Å². The predicted octanol–water partition coefficient (Wildman–Crippen LogP) is 1.45. The lowest BCUT2D eigenvalue weighted by atomic mass is 9.94. The van der Waals surface area contributed by atoms with E-state index in [1.54, 1.807) is 0 Å². The van der Waals surface area contributed by atoms with Crippen molar-refractivity contribution in [3.8, 4) is 0 Å². The van der Waals surface area contributed by atoms with Crippen molar-refractivity contribution in [3.05, 3.63) is 0 Å². The van der Waals surface area contributed by atoms with Crippen molar-refractivity contribution in [1.29, 1.82) is 0 Å². The van der Waals surface area contributed by atoms with Crippen LogP contribution in [0.2, 0.25) is 0 Å². The molecule has 2 rings (SSSR count). The third-order valence-electron chi connectivity index (χ3n) is 3.69. The number of nitrogens with one attached hydrogen (secondary N) is 2. The largest absolute Gasteiger partial charge is 0.352 e.